The van der Waals surface area contributed by atoms with Gasteiger partial charge in [-0.15, -0.1) is 0 Å². The molecule has 0 unspecified atom stereocenters. The number of hydrogen-bond donors (Lipinski definition) is 3. The Morgan fingerprint density at radius 1 is 0.912 bits per heavy atom. The Balaban J connectivity index is 1.56. The highest BCUT2D eigenvalue weighted by molar-refractivity contribution is 6.07. The van der Waals surface area contributed by atoms with Crippen LogP contribution in [0.3, 0.4) is 0 Å². The van der Waals surface area contributed by atoms with Crippen LogP contribution >= 0.6 is 0 Å². The van der Waals surface area contributed by atoms with Crippen molar-refractivity contribution < 1.29 is 13.6 Å². The molecule has 0 fully saturated rings. The number of fused-ring (bicyclic) bond motifs is 1. The third kappa shape index (κ3) is 3.99. The highest BCUT2D eigenvalue weighted by Crippen LogP contribution is 2.37. The van der Waals surface area contributed by atoms with E-state index in [9.17, 15) is 18.4 Å². The fraction of sp³-hybridized carbons (Fsp3) is 0.0370. The Morgan fingerprint density at radius 2 is 1.74 bits per heavy atom. The van der Waals surface area contributed by atoms with E-state index in [0.717, 1.165) is 34.2 Å². The van der Waals surface area contributed by atoms with E-state index in [1.165, 1.54) is 6.07 Å². The molecule has 5 nitrogen and oxygen atoms in total. The molecule has 0 aliphatic rings. The summed E-state index contributed by atoms with van der Waals surface area (Å²) in [6, 6.07) is 21.5. The van der Waals surface area contributed by atoms with Crippen molar-refractivity contribution in [3.05, 3.63) is 118 Å². The van der Waals surface area contributed by atoms with Crippen LogP contribution in [0.25, 0.3) is 33.3 Å². The summed E-state index contributed by atoms with van der Waals surface area (Å²) < 4.78 is 27.1. The molecule has 3 N–H and O–H groups in total. The molecule has 2 aromatic heterocycles. The van der Waals surface area contributed by atoms with Gasteiger partial charge in [0.1, 0.15) is 11.6 Å². The van der Waals surface area contributed by atoms with Crippen molar-refractivity contribution in [3.8, 4) is 22.4 Å². The molecular formula is C27H19F2N3O2. The molecule has 34 heavy (non-hydrogen) atoms. The third-order valence-corrected chi connectivity index (χ3v) is 5.67. The van der Waals surface area contributed by atoms with E-state index in [2.05, 4.69) is 15.3 Å². The van der Waals surface area contributed by atoms with Gasteiger partial charge in [-0.25, -0.2) is 8.78 Å². The standard InChI is InChI=1S/C27H19F2N3O2/c28-19-10-8-18(22(29)14-19)15-31-26(33)17-9-11-23-21(13-17)24(16-5-2-1-3-6-16)25(32-23)20-7-4-12-30-27(20)34/h1-14,32H,15H2,(H,30,34)(H,31,33). The van der Waals surface area contributed by atoms with Crippen LogP contribution in [0.5, 0.6) is 0 Å². The minimum Gasteiger partial charge on any atom is -0.354 e. The van der Waals surface area contributed by atoms with Crippen LogP contribution in [-0.4, -0.2) is 15.9 Å². The number of benzene rings is 3. The summed E-state index contributed by atoms with van der Waals surface area (Å²) in [5.74, 6) is -1.79. The van der Waals surface area contributed by atoms with Gasteiger partial charge < -0.3 is 15.3 Å². The van der Waals surface area contributed by atoms with Crippen molar-refractivity contribution in [2.24, 2.45) is 0 Å². The molecule has 3 aromatic carbocycles. The molecule has 0 aliphatic heterocycles. The molecule has 5 rings (SSSR count). The second kappa shape index (κ2) is 8.78. The molecule has 7 heteroatoms. The lowest BCUT2D eigenvalue weighted by molar-refractivity contribution is 0.0950. The van der Waals surface area contributed by atoms with Gasteiger partial charge in [0.15, 0.2) is 0 Å². The fourth-order valence-electron chi connectivity index (χ4n) is 4.00. The molecule has 1 amide bonds. The number of carbonyl (C=O) groups is 1. The molecule has 0 saturated heterocycles. The quantitative estimate of drug-likeness (QED) is 0.332. The highest BCUT2D eigenvalue weighted by Gasteiger charge is 2.18. The minimum absolute atomic E-state index is 0.0771. The summed E-state index contributed by atoms with van der Waals surface area (Å²) in [7, 11) is 0. The molecule has 2 heterocycles. The maximum Gasteiger partial charge on any atom is 0.257 e. The van der Waals surface area contributed by atoms with Gasteiger partial charge in [-0.1, -0.05) is 36.4 Å². The number of carbonyl (C=O) groups excluding carboxylic acids is 1. The molecule has 0 saturated carbocycles. The lowest BCUT2D eigenvalue weighted by atomic mass is 9.98. The Morgan fingerprint density at radius 3 is 2.50 bits per heavy atom. The second-order valence-electron chi connectivity index (χ2n) is 7.83. The fourth-order valence-corrected chi connectivity index (χ4v) is 4.00. The zero-order valence-electron chi connectivity index (χ0n) is 17.9. The third-order valence-electron chi connectivity index (χ3n) is 5.67. The van der Waals surface area contributed by atoms with Crippen molar-refractivity contribution in [2.45, 2.75) is 6.54 Å². The molecule has 5 aromatic rings. The Hall–Kier alpha value is -4.52. The number of aromatic amines is 2. The summed E-state index contributed by atoms with van der Waals surface area (Å²) in [4.78, 5) is 31.4. The highest BCUT2D eigenvalue weighted by atomic mass is 19.1. The summed E-state index contributed by atoms with van der Waals surface area (Å²) in [6.07, 6.45) is 1.57. The van der Waals surface area contributed by atoms with Crippen LogP contribution in [0.1, 0.15) is 15.9 Å². The van der Waals surface area contributed by atoms with Crippen molar-refractivity contribution in [3.63, 3.8) is 0 Å². The number of amides is 1. The van der Waals surface area contributed by atoms with Crippen LogP contribution in [0.4, 0.5) is 8.78 Å². The molecular weight excluding hydrogens is 436 g/mol. The average molecular weight is 455 g/mol. The monoisotopic (exact) mass is 455 g/mol. The normalized spacial score (nSPS) is 11.0. The second-order valence-corrected chi connectivity index (χ2v) is 7.83. The van der Waals surface area contributed by atoms with Gasteiger partial charge in [-0.2, -0.15) is 0 Å². The van der Waals surface area contributed by atoms with Crippen LogP contribution in [-0.2, 0) is 6.54 Å². The van der Waals surface area contributed by atoms with Gasteiger partial charge in [0.2, 0.25) is 0 Å². The molecule has 0 atom stereocenters. The number of nitrogens with one attached hydrogen (secondary N) is 3. The van der Waals surface area contributed by atoms with Crippen LogP contribution < -0.4 is 10.9 Å². The molecule has 0 radical (unpaired) electrons. The number of halogens is 2. The predicted molar refractivity (Wildman–Crippen MR) is 127 cm³/mol. The predicted octanol–water partition coefficient (Wildman–Crippen LogP) is 5.40. The largest absolute Gasteiger partial charge is 0.354 e. The first kappa shape index (κ1) is 21.3. The van der Waals surface area contributed by atoms with Crippen molar-refractivity contribution in [1.82, 2.24) is 15.3 Å². The van der Waals surface area contributed by atoms with Crippen molar-refractivity contribution in [2.75, 3.05) is 0 Å². The van der Waals surface area contributed by atoms with Gasteiger partial charge in [-0.05, 0) is 42.0 Å². The summed E-state index contributed by atoms with van der Waals surface area (Å²) in [5, 5.41) is 3.45. The minimum atomic E-state index is -0.717. The maximum atomic E-state index is 13.9. The zero-order chi connectivity index (χ0) is 23.7. The van der Waals surface area contributed by atoms with Gasteiger partial charge in [0, 0.05) is 46.4 Å². The smallest absolute Gasteiger partial charge is 0.257 e. The average Bonchev–Trinajstić information content (AvgIpc) is 3.22. The number of aromatic nitrogens is 2. The number of rotatable bonds is 5. The molecule has 0 aliphatic carbocycles. The summed E-state index contributed by atoms with van der Waals surface area (Å²) >= 11 is 0. The van der Waals surface area contributed by atoms with Crippen LogP contribution in [0.15, 0.2) is 89.9 Å². The summed E-state index contributed by atoms with van der Waals surface area (Å²) in [6.45, 7) is -0.0771. The SMILES string of the molecule is O=C(NCc1ccc(F)cc1F)c1ccc2[nH]c(-c3ccc[nH]c3=O)c(-c3ccccc3)c2c1. The number of pyridine rings is 1. The van der Waals surface area contributed by atoms with Crippen LogP contribution in [0, 0.1) is 11.6 Å². The Bertz CT molecular complexity index is 1570. The maximum absolute atomic E-state index is 13.9. The van der Waals surface area contributed by atoms with Gasteiger partial charge in [0.25, 0.3) is 11.5 Å². The Kier molecular flexibility index (Phi) is 5.51. The van der Waals surface area contributed by atoms with Gasteiger partial charge in [-0.3, -0.25) is 9.59 Å². The molecule has 0 bridgehead atoms. The van der Waals surface area contributed by atoms with E-state index in [0.29, 0.717) is 16.8 Å². The summed E-state index contributed by atoms with van der Waals surface area (Å²) in [5.41, 5.74) is 3.91. The number of hydrogen-bond acceptors (Lipinski definition) is 2. The van der Waals surface area contributed by atoms with E-state index in [-0.39, 0.29) is 17.7 Å². The molecule has 168 valence electrons. The van der Waals surface area contributed by atoms with E-state index >= 15 is 0 Å². The van der Waals surface area contributed by atoms with E-state index in [1.54, 1.807) is 36.5 Å². The first-order valence-electron chi connectivity index (χ1n) is 10.6. The van der Waals surface area contributed by atoms with E-state index in [1.807, 2.05) is 30.3 Å². The first-order chi connectivity index (χ1) is 16.5. The lowest BCUT2D eigenvalue weighted by Gasteiger charge is -2.08. The number of H-pyrrole nitrogens is 2. The zero-order valence-corrected chi connectivity index (χ0v) is 17.9. The van der Waals surface area contributed by atoms with Gasteiger partial charge >= 0.3 is 0 Å². The van der Waals surface area contributed by atoms with E-state index in [4.69, 9.17) is 0 Å². The van der Waals surface area contributed by atoms with E-state index < -0.39 is 17.5 Å². The van der Waals surface area contributed by atoms with Crippen molar-refractivity contribution in [1.29, 1.82) is 0 Å². The van der Waals surface area contributed by atoms with Crippen LogP contribution in [0.2, 0.25) is 0 Å². The first-order valence-corrected chi connectivity index (χ1v) is 10.6. The Labute approximate surface area is 193 Å². The van der Waals surface area contributed by atoms with Gasteiger partial charge in [0.05, 0.1) is 11.3 Å². The molecule has 0 spiro atoms. The van der Waals surface area contributed by atoms with Crippen molar-refractivity contribution >= 4 is 16.8 Å². The topological polar surface area (TPSA) is 77.8 Å². The lowest BCUT2D eigenvalue weighted by Crippen LogP contribution is -2.23.